The molecule has 3 aromatic rings. The molecule has 2 aromatic carbocycles. The number of methoxy groups -OCH3 is 1. The second kappa shape index (κ2) is 5.77. The molecule has 0 atom stereocenters. The van der Waals surface area contributed by atoms with E-state index in [1.807, 2.05) is 12.1 Å². The van der Waals surface area contributed by atoms with Crippen molar-refractivity contribution in [3.05, 3.63) is 68.8 Å². The Kier molecular flexibility index (Phi) is 3.81. The van der Waals surface area contributed by atoms with E-state index in [9.17, 15) is 9.59 Å². The number of carbonyl (C=O) groups is 1. The molecule has 0 saturated carbocycles. The Hall–Kier alpha value is -2.40. The standard InChI is InChI=1S/C17H11BrO4/c1-21-17(20)14-15(19)11-7-3-5-9-13(11)22-16(14)10-6-2-4-8-12(10)18/h2-9H,1H3. The summed E-state index contributed by atoms with van der Waals surface area (Å²) in [4.78, 5) is 24.7. The summed E-state index contributed by atoms with van der Waals surface area (Å²) in [6.45, 7) is 0. The first-order chi connectivity index (χ1) is 10.6. The molecule has 4 nitrogen and oxygen atoms in total. The van der Waals surface area contributed by atoms with Crippen LogP contribution in [0.5, 0.6) is 0 Å². The summed E-state index contributed by atoms with van der Waals surface area (Å²) >= 11 is 3.41. The van der Waals surface area contributed by atoms with Crippen LogP contribution in [0, 0.1) is 0 Å². The van der Waals surface area contributed by atoms with E-state index in [1.54, 1.807) is 36.4 Å². The highest BCUT2D eigenvalue weighted by Gasteiger charge is 2.23. The number of esters is 1. The number of rotatable bonds is 2. The average Bonchev–Trinajstić information content (AvgIpc) is 2.54. The molecule has 0 radical (unpaired) electrons. The number of fused-ring (bicyclic) bond motifs is 1. The van der Waals surface area contributed by atoms with Gasteiger partial charge in [-0.05, 0) is 18.2 Å². The van der Waals surface area contributed by atoms with Crippen molar-refractivity contribution >= 4 is 32.9 Å². The molecule has 0 aliphatic heterocycles. The second-order valence-corrected chi connectivity index (χ2v) is 5.46. The molecule has 22 heavy (non-hydrogen) atoms. The fourth-order valence-electron chi connectivity index (χ4n) is 2.26. The molecular formula is C17H11BrO4. The van der Waals surface area contributed by atoms with Crippen LogP contribution in [-0.4, -0.2) is 13.1 Å². The van der Waals surface area contributed by atoms with E-state index >= 15 is 0 Å². The van der Waals surface area contributed by atoms with Crippen molar-refractivity contribution in [3.63, 3.8) is 0 Å². The van der Waals surface area contributed by atoms with Crippen LogP contribution < -0.4 is 5.43 Å². The van der Waals surface area contributed by atoms with Gasteiger partial charge in [-0.25, -0.2) is 4.79 Å². The second-order valence-electron chi connectivity index (χ2n) is 4.60. The Balaban J connectivity index is 2.45. The largest absolute Gasteiger partial charge is 0.465 e. The number of ether oxygens (including phenoxy) is 1. The molecule has 0 amide bonds. The summed E-state index contributed by atoms with van der Waals surface area (Å²) in [5.41, 5.74) is 0.532. The number of benzene rings is 2. The van der Waals surface area contributed by atoms with E-state index in [4.69, 9.17) is 9.15 Å². The molecule has 0 aliphatic rings. The van der Waals surface area contributed by atoms with Gasteiger partial charge < -0.3 is 9.15 Å². The average molecular weight is 359 g/mol. The third-order valence-corrected chi connectivity index (χ3v) is 4.00. The number of halogens is 1. The Labute approximate surface area is 134 Å². The van der Waals surface area contributed by atoms with Gasteiger partial charge in [-0.1, -0.05) is 46.3 Å². The first-order valence-corrected chi connectivity index (χ1v) is 7.32. The van der Waals surface area contributed by atoms with Gasteiger partial charge in [-0.2, -0.15) is 0 Å². The Morgan fingerprint density at radius 1 is 1.09 bits per heavy atom. The topological polar surface area (TPSA) is 56.5 Å². The third kappa shape index (κ3) is 2.33. The Morgan fingerprint density at radius 2 is 1.77 bits per heavy atom. The molecule has 0 N–H and O–H groups in total. The van der Waals surface area contributed by atoms with Crippen LogP contribution in [0.3, 0.4) is 0 Å². The van der Waals surface area contributed by atoms with Crippen LogP contribution >= 0.6 is 15.9 Å². The first-order valence-electron chi connectivity index (χ1n) is 6.52. The molecule has 1 aromatic heterocycles. The summed E-state index contributed by atoms with van der Waals surface area (Å²) in [7, 11) is 1.24. The molecule has 5 heteroatoms. The Morgan fingerprint density at radius 3 is 2.50 bits per heavy atom. The summed E-state index contributed by atoms with van der Waals surface area (Å²) in [6.07, 6.45) is 0. The van der Waals surface area contributed by atoms with Crippen LogP contribution in [0.1, 0.15) is 10.4 Å². The van der Waals surface area contributed by atoms with Gasteiger partial charge in [-0.15, -0.1) is 0 Å². The highest BCUT2D eigenvalue weighted by Crippen LogP contribution is 2.31. The van der Waals surface area contributed by atoms with Crippen molar-refractivity contribution in [2.45, 2.75) is 0 Å². The molecule has 0 aliphatic carbocycles. The maximum Gasteiger partial charge on any atom is 0.345 e. The highest BCUT2D eigenvalue weighted by atomic mass is 79.9. The quantitative estimate of drug-likeness (QED) is 0.649. The van der Waals surface area contributed by atoms with Crippen molar-refractivity contribution in [1.82, 2.24) is 0 Å². The molecule has 1 heterocycles. The molecule has 0 bridgehead atoms. The summed E-state index contributed by atoms with van der Waals surface area (Å²) < 4.78 is 11.3. The van der Waals surface area contributed by atoms with E-state index < -0.39 is 11.4 Å². The van der Waals surface area contributed by atoms with Gasteiger partial charge in [0, 0.05) is 10.0 Å². The molecule has 0 unspecified atom stereocenters. The lowest BCUT2D eigenvalue weighted by molar-refractivity contribution is 0.0598. The van der Waals surface area contributed by atoms with Crippen molar-refractivity contribution in [2.75, 3.05) is 7.11 Å². The maximum absolute atomic E-state index is 12.7. The van der Waals surface area contributed by atoms with Crippen LogP contribution in [0.15, 0.2) is 62.2 Å². The molecular weight excluding hydrogens is 348 g/mol. The monoisotopic (exact) mass is 358 g/mol. The van der Waals surface area contributed by atoms with Gasteiger partial charge in [0.2, 0.25) is 5.43 Å². The van der Waals surface area contributed by atoms with Gasteiger partial charge >= 0.3 is 5.97 Å². The predicted octanol–water partition coefficient (Wildman–Crippen LogP) is 4.01. The Bertz CT molecular complexity index is 927. The van der Waals surface area contributed by atoms with Crippen LogP contribution in [0.4, 0.5) is 0 Å². The highest BCUT2D eigenvalue weighted by molar-refractivity contribution is 9.10. The van der Waals surface area contributed by atoms with Crippen molar-refractivity contribution < 1.29 is 13.9 Å². The summed E-state index contributed by atoms with van der Waals surface area (Å²) in [6, 6.07) is 14.0. The SMILES string of the molecule is COC(=O)c1c(-c2ccccc2Br)oc2ccccc2c1=O. The number of carbonyl (C=O) groups excluding carboxylic acids is 1. The van der Waals surface area contributed by atoms with E-state index in [1.165, 1.54) is 7.11 Å². The van der Waals surface area contributed by atoms with Crippen molar-refractivity contribution in [1.29, 1.82) is 0 Å². The van der Waals surface area contributed by atoms with Gasteiger partial charge in [-0.3, -0.25) is 4.79 Å². The van der Waals surface area contributed by atoms with E-state index in [0.29, 0.717) is 16.5 Å². The minimum Gasteiger partial charge on any atom is -0.465 e. The van der Waals surface area contributed by atoms with Gasteiger partial charge in [0.05, 0.1) is 12.5 Å². The third-order valence-electron chi connectivity index (χ3n) is 3.31. The fraction of sp³-hybridized carbons (Fsp3) is 0.0588. The fourth-order valence-corrected chi connectivity index (χ4v) is 2.73. The van der Waals surface area contributed by atoms with Gasteiger partial charge in [0.15, 0.2) is 11.3 Å². The molecule has 0 spiro atoms. The van der Waals surface area contributed by atoms with Crippen LogP contribution in [0.2, 0.25) is 0 Å². The summed E-state index contributed by atoms with van der Waals surface area (Å²) in [5, 5.41) is 0.346. The zero-order valence-electron chi connectivity index (χ0n) is 11.6. The predicted molar refractivity (Wildman–Crippen MR) is 87.0 cm³/mol. The van der Waals surface area contributed by atoms with Crippen LogP contribution in [0.25, 0.3) is 22.3 Å². The minimum absolute atomic E-state index is 0.104. The lowest BCUT2D eigenvalue weighted by Gasteiger charge is -2.10. The van der Waals surface area contributed by atoms with E-state index in [0.717, 1.165) is 4.47 Å². The van der Waals surface area contributed by atoms with Gasteiger partial charge in [0.25, 0.3) is 0 Å². The zero-order valence-corrected chi connectivity index (χ0v) is 13.2. The minimum atomic E-state index is -0.717. The first kappa shape index (κ1) is 14.5. The summed E-state index contributed by atoms with van der Waals surface area (Å²) in [5.74, 6) is -0.520. The molecule has 0 fully saturated rings. The van der Waals surface area contributed by atoms with E-state index in [-0.39, 0.29) is 11.3 Å². The molecule has 0 saturated heterocycles. The molecule has 110 valence electrons. The van der Waals surface area contributed by atoms with Crippen molar-refractivity contribution in [2.24, 2.45) is 0 Å². The molecule has 3 rings (SSSR count). The number of hydrogen-bond donors (Lipinski definition) is 0. The smallest absolute Gasteiger partial charge is 0.345 e. The number of para-hydroxylation sites is 1. The van der Waals surface area contributed by atoms with E-state index in [2.05, 4.69) is 15.9 Å². The van der Waals surface area contributed by atoms with Gasteiger partial charge in [0.1, 0.15) is 5.58 Å². The van der Waals surface area contributed by atoms with Crippen LogP contribution in [-0.2, 0) is 4.74 Å². The van der Waals surface area contributed by atoms with Crippen molar-refractivity contribution in [3.8, 4) is 11.3 Å². The normalized spacial score (nSPS) is 10.6. The number of hydrogen-bond acceptors (Lipinski definition) is 4. The lowest BCUT2D eigenvalue weighted by Crippen LogP contribution is -2.18. The lowest BCUT2D eigenvalue weighted by atomic mass is 10.0. The maximum atomic E-state index is 12.7. The zero-order chi connectivity index (χ0) is 15.7.